The molecule has 3 heteroatoms. The first-order valence-corrected chi connectivity index (χ1v) is 4.99. The maximum atomic E-state index is 11.7. The third-order valence-corrected chi connectivity index (χ3v) is 2.71. The second kappa shape index (κ2) is 3.77. The molecule has 2 N–H and O–H groups in total. The first-order valence-electron chi connectivity index (χ1n) is 4.99. The van der Waals surface area contributed by atoms with Gasteiger partial charge in [0.05, 0.1) is 0 Å². The fraction of sp³-hybridized carbons (Fsp3) is 0.250. The molecule has 0 spiro atoms. The van der Waals surface area contributed by atoms with E-state index in [1.807, 2.05) is 30.3 Å². The van der Waals surface area contributed by atoms with Crippen LogP contribution in [0.1, 0.15) is 12.0 Å². The van der Waals surface area contributed by atoms with Crippen LogP contribution in [0.2, 0.25) is 0 Å². The first kappa shape index (κ1) is 9.77. The summed E-state index contributed by atoms with van der Waals surface area (Å²) < 4.78 is 0. The largest absolute Gasteiger partial charge is 0.398 e. The Kier molecular flexibility index (Phi) is 2.46. The van der Waals surface area contributed by atoms with Gasteiger partial charge >= 0.3 is 0 Å². The summed E-state index contributed by atoms with van der Waals surface area (Å²) in [5.74, 6) is 0.0522. The molecule has 1 amide bonds. The van der Waals surface area contributed by atoms with Gasteiger partial charge in [-0.1, -0.05) is 30.3 Å². The molecule has 78 valence electrons. The van der Waals surface area contributed by atoms with Crippen molar-refractivity contribution in [3.05, 3.63) is 41.5 Å². The molecular weight excluding hydrogens is 188 g/mol. The highest BCUT2D eigenvalue weighted by atomic mass is 16.2. The summed E-state index contributed by atoms with van der Waals surface area (Å²) in [7, 11) is 1.80. The van der Waals surface area contributed by atoms with Gasteiger partial charge in [-0.25, -0.2) is 0 Å². The van der Waals surface area contributed by atoms with Crippen LogP contribution < -0.4 is 5.73 Å². The number of carbonyl (C=O) groups excluding carboxylic acids is 1. The molecule has 0 bridgehead atoms. The molecule has 1 saturated heterocycles. The Balaban J connectivity index is 2.39. The summed E-state index contributed by atoms with van der Waals surface area (Å²) in [6.45, 7) is 0.766. The summed E-state index contributed by atoms with van der Waals surface area (Å²) in [6.07, 6.45) is 0.746. The van der Waals surface area contributed by atoms with Crippen molar-refractivity contribution >= 4 is 11.6 Å². The van der Waals surface area contributed by atoms with E-state index in [2.05, 4.69) is 0 Å². The number of rotatable bonds is 1. The molecule has 2 rings (SSSR count). The molecule has 0 unspecified atom stereocenters. The quantitative estimate of drug-likeness (QED) is 0.696. The van der Waals surface area contributed by atoms with Crippen LogP contribution in [0.25, 0.3) is 5.70 Å². The van der Waals surface area contributed by atoms with Crippen LogP contribution in [-0.4, -0.2) is 24.4 Å². The topological polar surface area (TPSA) is 46.3 Å². The SMILES string of the molecule is CN1CCC(=C(N)c2ccccc2)C1=O. The Morgan fingerprint density at radius 2 is 2.00 bits per heavy atom. The molecule has 0 aromatic heterocycles. The second-order valence-electron chi connectivity index (χ2n) is 3.73. The van der Waals surface area contributed by atoms with Crippen molar-refractivity contribution < 1.29 is 4.79 Å². The van der Waals surface area contributed by atoms with E-state index in [-0.39, 0.29) is 5.91 Å². The van der Waals surface area contributed by atoms with E-state index >= 15 is 0 Å². The Bertz CT molecular complexity index is 409. The van der Waals surface area contributed by atoms with Gasteiger partial charge in [-0.15, -0.1) is 0 Å². The van der Waals surface area contributed by atoms with Crippen molar-refractivity contribution in [3.8, 4) is 0 Å². The summed E-state index contributed by atoms with van der Waals surface area (Å²) in [5, 5.41) is 0. The summed E-state index contributed by atoms with van der Waals surface area (Å²) in [6, 6.07) is 9.63. The van der Waals surface area contributed by atoms with Gasteiger partial charge in [0.15, 0.2) is 0 Å². The molecule has 1 heterocycles. The monoisotopic (exact) mass is 202 g/mol. The lowest BCUT2D eigenvalue weighted by molar-refractivity contribution is -0.123. The third kappa shape index (κ3) is 1.73. The van der Waals surface area contributed by atoms with Crippen LogP contribution in [0.4, 0.5) is 0 Å². The lowest BCUT2D eigenvalue weighted by Gasteiger charge is -2.07. The molecule has 0 saturated carbocycles. The molecule has 0 atom stereocenters. The van der Waals surface area contributed by atoms with Gasteiger partial charge in [-0.05, 0) is 12.0 Å². The zero-order valence-electron chi connectivity index (χ0n) is 8.73. The number of likely N-dealkylation sites (tertiary alicyclic amines) is 1. The number of benzene rings is 1. The van der Waals surface area contributed by atoms with Crippen LogP contribution in [0.3, 0.4) is 0 Å². The molecule has 1 aliphatic rings. The van der Waals surface area contributed by atoms with Gasteiger partial charge in [0.1, 0.15) is 0 Å². The smallest absolute Gasteiger partial charge is 0.251 e. The van der Waals surface area contributed by atoms with Crippen LogP contribution >= 0.6 is 0 Å². The summed E-state index contributed by atoms with van der Waals surface area (Å²) >= 11 is 0. The standard InChI is InChI=1S/C12H14N2O/c1-14-8-7-10(12(14)15)11(13)9-5-3-2-4-6-9/h2-6H,7-8,13H2,1H3. The van der Waals surface area contributed by atoms with Crippen LogP contribution in [0.5, 0.6) is 0 Å². The molecule has 1 aromatic carbocycles. The van der Waals surface area contributed by atoms with Crippen LogP contribution in [-0.2, 0) is 4.79 Å². The third-order valence-electron chi connectivity index (χ3n) is 2.71. The van der Waals surface area contributed by atoms with Gasteiger partial charge in [-0.3, -0.25) is 4.79 Å². The highest BCUT2D eigenvalue weighted by Gasteiger charge is 2.25. The van der Waals surface area contributed by atoms with Crippen molar-refractivity contribution in [2.24, 2.45) is 5.73 Å². The molecule has 0 radical (unpaired) electrons. The number of likely N-dealkylation sites (N-methyl/N-ethyl adjacent to an activating group) is 1. The number of nitrogens with two attached hydrogens (primary N) is 1. The Morgan fingerprint density at radius 3 is 2.53 bits per heavy atom. The number of carbonyl (C=O) groups is 1. The van der Waals surface area contributed by atoms with Gasteiger partial charge < -0.3 is 10.6 Å². The Labute approximate surface area is 89.2 Å². The minimum absolute atomic E-state index is 0.0522. The van der Waals surface area contributed by atoms with Gasteiger partial charge in [0.2, 0.25) is 0 Å². The number of hydrogen-bond donors (Lipinski definition) is 1. The molecule has 1 fully saturated rings. The van der Waals surface area contributed by atoms with Crippen molar-refractivity contribution in [1.82, 2.24) is 4.90 Å². The maximum absolute atomic E-state index is 11.7. The first-order chi connectivity index (χ1) is 7.20. The average Bonchev–Trinajstić information content (AvgIpc) is 2.60. The average molecular weight is 202 g/mol. The Morgan fingerprint density at radius 1 is 1.33 bits per heavy atom. The van der Waals surface area contributed by atoms with E-state index in [0.717, 1.165) is 24.1 Å². The van der Waals surface area contributed by atoms with Gasteiger partial charge in [-0.2, -0.15) is 0 Å². The fourth-order valence-corrected chi connectivity index (χ4v) is 1.76. The van der Waals surface area contributed by atoms with Crippen molar-refractivity contribution in [2.45, 2.75) is 6.42 Å². The molecule has 3 nitrogen and oxygen atoms in total. The Hall–Kier alpha value is -1.77. The van der Waals surface area contributed by atoms with Crippen molar-refractivity contribution in [3.63, 3.8) is 0 Å². The van der Waals surface area contributed by atoms with Gasteiger partial charge in [0.25, 0.3) is 5.91 Å². The molecule has 1 aliphatic heterocycles. The highest BCUT2D eigenvalue weighted by Crippen LogP contribution is 2.22. The second-order valence-corrected chi connectivity index (χ2v) is 3.73. The van der Waals surface area contributed by atoms with Crippen molar-refractivity contribution in [1.29, 1.82) is 0 Å². The van der Waals surface area contributed by atoms with E-state index < -0.39 is 0 Å². The fourth-order valence-electron chi connectivity index (χ4n) is 1.76. The van der Waals surface area contributed by atoms with E-state index in [1.54, 1.807) is 11.9 Å². The van der Waals surface area contributed by atoms with E-state index in [1.165, 1.54) is 0 Å². The minimum atomic E-state index is 0.0522. The summed E-state index contributed by atoms with van der Waals surface area (Å²) in [5.41, 5.74) is 8.27. The van der Waals surface area contributed by atoms with E-state index in [4.69, 9.17) is 5.73 Å². The number of hydrogen-bond acceptors (Lipinski definition) is 2. The highest BCUT2D eigenvalue weighted by molar-refractivity contribution is 6.02. The zero-order valence-corrected chi connectivity index (χ0v) is 8.73. The summed E-state index contributed by atoms with van der Waals surface area (Å²) in [4.78, 5) is 13.4. The number of nitrogens with zero attached hydrogens (tertiary/aromatic N) is 1. The van der Waals surface area contributed by atoms with E-state index in [9.17, 15) is 4.79 Å². The lowest BCUT2D eigenvalue weighted by Crippen LogP contribution is -2.20. The minimum Gasteiger partial charge on any atom is -0.398 e. The van der Waals surface area contributed by atoms with Crippen LogP contribution in [0, 0.1) is 0 Å². The molecule has 0 aliphatic carbocycles. The lowest BCUT2D eigenvalue weighted by atomic mass is 10.1. The van der Waals surface area contributed by atoms with Crippen LogP contribution in [0.15, 0.2) is 35.9 Å². The predicted molar refractivity (Wildman–Crippen MR) is 59.8 cm³/mol. The maximum Gasteiger partial charge on any atom is 0.251 e. The molecule has 1 aromatic rings. The zero-order chi connectivity index (χ0) is 10.8. The molecular formula is C12H14N2O. The van der Waals surface area contributed by atoms with Crippen molar-refractivity contribution in [2.75, 3.05) is 13.6 Å². The number of amides is 1. The normalized spacial score (nSPS) is 19.5. The van der Waals surface area contributed by atoms with E-state index in [0.29, 0.717) is 5.70 Å². The predicted octanol–water partition coefficient (Wildman–Crippen LogP) is 1.22. The molecule has 15 heavy (non-hydrogen) atoms. The van der Waals surface area contributed by atoms with Gasteiger partial charge in [0, 0.05) is 24.9 Å².